The second-order valence-electron chi connectivity index (χ2n) is 3.95. The van der Waals surface area contributed by atoms with E-state index in [1.807, 2.05) is 13.8 Å². The quantitative estimate of drug-likeness (QED) is 0.626. The van der Waals surface area contributed by atoms with Crippen LogP contribution in [0, 0.1) is 5.41 Å². The summed E-state index contributed by atoms with van der Waals surface area (Å²) in [7, 11) is 1.00. The molecule has 2 heterocycles. The normalized spacial score (nSPS) is 31.9. The van der Waals surface area contributed by atoms with Gasteiger partial charge in [0.2, 0.25) is 0 Å². The first-order chi connectivity index (χ1) is 7.82. The maximum atomic E-state index is 9.32. The molecule has 4 nitrogen and oxygen atoms in total. The summed E-state index contributed by atoms with van der Waals surface area (Å²) in [5.41, 5.74) is 0.0578. The van der Waals surface area contributed by atoms with E-state index in [1.54, 1.807) is 0 Å². The van der Waals surface area contributed by atoms with Crippen molar-refractivity contribution < 1.29 is 10.2 Å². The van der Waals surface area contributed by atoms with Crippen molar-refractivity contribution >= 4 is 6.21 Å². The fourth-order valence-corrected chi connectivity index (χ4v) is 2.74. The lowest BCUT2D eigenvalue weighted by Gasteiger charge is -2.31. The highest BCUT2D eigenvalue weighted by Crippen LogP contribution is 2.41. The van der Waals surface area contributed by atoms with Gasteiger partial charge in [-0.3, -0.25) is 4.90 Å². The van der Waals surface area contributed by atoms with E-state index >= 15 is 0 Å². The van der Waals surface area contributed by atoms with Crippen LogP contribution in [0.5, 0.6) is 0 Å². The molecule has 16 heavy (non-hydrogen) atoms. The lowest BCUT2D eigenvalue weighted by Crippen LogP contribution is -2.45. The molecular weight excluding hydrogens is 204 g/mol. The average molecular weight is 230 g/mol. The summed E-state index contributed by atoms with van der Waals surface area (Å²) < 4.78 is 0. The van der Waals surface area contributed by atoms with Crippen molar-refractivity contribution in [1.82, 2.24) is 4.90 Å². The molecule has 2 atom stereocenters. The zero-order valence-corrected chi connectivity index (χ0v) is 10.7. The molecule has 2 saturated heterocycles. The van der Waals surface area contributed by atoms with Gasteiger partial charge < -0.3 is 15.6 Å². The van der Waals surface area contributed by atoms with E-state index in [4.69, 9.17) is 10.5 Å². The third-order valence-electron chi connectivity index (χ3n) is 3.44. The van der Waals surface area contributed by atoms with E-state index in [0.29, 0.717) is 6.04 Å². The Morgan fingerprint density at radius 3 is 2.50 bits per heavy atom. The number of aliphatic hydroxyl groups excluding tert-OH is 2. The number of nitrogens with zero attached hydrogens (tertiary/aromatic N) is 1. The first-order valence-electron chi connectivity index (χ1n) is 6.15. The maximum absolute atomic E-state index is 9.32. The highest BCUT2D eigenvalue weighted by Gasteiger charge is 2.47. The Morgan fingerprint density at radius 2 is 2.00 bits per heavy atom. The Balaban J connectivity index is 0.000000509. The van der Waals surface area contributed by atoms with Crippen molar-refractivity contribution in [3.63, 3.8) is 0 Å². The fraction of sp³-hybridized carbons (Fsp3) is 0.917. The van der Waals surface area contributed by atoms with Crippen LogP contribution in [0.15, 0.2) is 0 Å². The van der Waals surface area contributed by atoms with Crippen LogP contribution in [0.25, 0.3) is 0 Å². The van der Waals surface area contributed by atoms with E-state index < -0.39 is 0 Å². The minimum absolute atomic E-state index is 0.0578. The SMILES string of the molecule is CC.CO.N=C[C@@H]1CC[C@]2(CO)CCCN12. The molecule has 0 amide bonds. The molecule has 0 aromatic heterocycles. The average Bonchev–Trinajstić information content (AvgIpc) is 2.92. The molecule has 96 valence electrons. The van der Waals surface area contributed by atoms with Crippen molar-refractivity contribution in [2.24, 2.45) is 0 Å². The van der Waals surface area contributed by atoms with Gasteiger partial charge in [0.1, 0.15) is 0 Å². The van der Waals surface area contributed by atoms with Gasteiger partial charge >= 0.3 is 0 Å². The van der Waals surface area contributed by atoms with E-state index in [0.717, 1.165) is 32.9 Å². The highest BCUT2D eigenvalue weighted by atomic mass is 16.3. The summed E-state index contributed by atoms with van der Waals surface area (Å²) in [5.74, 6) is 0. The van der Waals surface area contributed by atoms with Gasteiger partial charge in [0.25, 0.3) is 0 Å². The first-order valence-corrected chi connectivity index (χ1v) is 6.15. The fourth-order valence-electron chi connectivity index (χ4n) is 2.74. The Kier molecular flexibility index (Phi) is 7.55. The maximum Gasteiger partial charge on any atom is 0.0615 e. The van der Waals surface area contributed by atoms with Crippen LogP contribution in [0.3, 0.4) is 0 Å². The highest BCUT2D eigenvalue weighted by molar-refractivity contribution is 5.61. The molecule has 2 rings (SSSR count). The molecule has 0 unspecified atom stereocenters. The molecule has 4 heteroatoms. The van der Waals surface area contributed by atoms with Crippen molar-refractivity contribution in [1.29, 1.82) is 5.41 Å². The Morgan fingerprint density at radius 1 is 1.38 bits per heavy atom. The summed E-state index contributed by atoms with van der Waals surface area (Å²) in [6.07, 6.45) is 5.97. The lowest BCUT2D eigenvalue weighted by atomic mass is 9.95. The van der Waals surface area contributed by atoms with Gasteiger partial charge in [0, 0.05) is 24.9 Å². The number of nitrogens with one attached hydrogen (secondary N) is 1. The topological polar surface area (TPSA) is 67.5 Å². The Bertz CT molecular complexity index is 199. The molecule has 2 aliphatic rings. The van der Waals surface area contributed by atoms with Crippen LogP contribution in [0.1, 0.15) is 39.5 Å². The van der Waals surface area contributed by atoms with Crippen molar-refractivity contribution in [3.05, 3.63) is 0 Å². The Hall–Kier alpha value is -0.450. The standard InChI is InChI=1S/C9H16N2O.C2H6.CH4O/c10-6-8-2-4-9(7-12)3-1-5-11(8)9;2*1-2/h6,8,10,12H,1-5,7H2;1-2H3;2H,1H3/t8-,9-;;/m0../s1. The zero-order chi connectivity index (χ0) is 12.6. The van der Waals surface area contributed by atoms with Crippen LogP contribution in [0.4, 0.5) is 0 Å². The largest absolute Gasteiger partial charge is 0.400 e. The van der Waals surface area contributed by atoms with E-state index in [1.165, 1.54) is 12.6 Å². The third kappa shape index (κ3) is 2.81. The van der Waals surface area contributed by atoms with Crippen molar-refractivity contribution in [3.8, 4) is 0 Å². The molecule has 2 aliphatic heterocycles. The van der Waals surface area contributed by atoms with Crippen molar-refractivity contribution in [2.45, 2.75) is 51.1 Å². The van der Waals surface area contributed by atoms with Gasteiger partial charge in [-0.2, -0.15) is 0 Å². The molecule has 0 aromatic carbocycles. The van der Waals surface area contributed by atoms with E-state index in [-0.39, 0.29) is 12.1 Å². The lowest BCUT2D eigenvalue weighted by molar-refractivity contribution is 0.0914. The minimum atomic E-state index is 0.0578. The van der Waals surface area contributed by atoms with Gasteiger partial charge in [-0.1, -0.05) is 13.8 Å². The molecular formula is C12H26N2O2. The minimum Gasteiger partial charge on any atom is -0.400 e. The molecule has 0 bridgehead atoms. The predicted molar refractivity (Wildman–Crippen MR) is 67.1 cm³/mol. The first kappa shape index (κ1) is 15.6. The monoisotopic (exact) mass is 230 g/mol. The van der Waals surface area contributed by atoms with Gasteiger partial charge in [-0.15, -0.1) is 0 Å². The number of hydrogen-bond acceptors (Lipinski definition) is 4. The van der Waals surface area contributed by atoms with Gasteiger partial charge in [0.05, 0.1) is 6.61 Å². The summed E-state index contributed by atoms with van der Waals surface area (Å²) in [4.78, 5) is 2.32. The summed E-state index contributed by atoms with van der Waals surface area (Å²) >= 11 is 0. The van der Waals surface area contributed by atoms with Crippen LogP contribution in [-0.2, 0) is 0 Å². The van der Waals surface area contributed by atoms with Crippen LogP contribution in [0.2, 0.25) is 0 Å². The number of aliphatic hydroxyl groups is 2. The number of fused-ring (bicyclic) bond motifs is 1. The van der Waals surface area contributed by atoms with Gasteiger partial charge in [-0.05, 0) is 32.2 Å². The van der Waals surface area contributed by atoms with E-state index in [2.05, 4.69) is 4.90 Å². The summed E-state index contributed by atoms with van der Waals surface area (Å²) in [5, 5.41) is 23.6. The van der Waals surface area contributed by atoms with Gasteiger partial charge in [-0.25, -0.2) is 0 Å². The third-order valence-corrected chi connectivity index (χ3v) is 3.44. The summed E-state index contributed by atoms with van der Waals surface area (Å²) in [6.45, 7) is 5.35. The van der Waals surface area contributed by atoms with Crippen LogP contribution < -0.4 is 0 Å². The number of rotatable bonds is 2. The zero-order valence-electron chi connectivity index (χ0n) is 10.7. The molecule has 0 spiro atoms. The molecule has 0 radical (unpaired) electrons. The smallest absolute Gasteiger partial charge is 0.0615 e. The van der Waals surface area contributed by atoms with E-state index in [9.17, 15) is 5.11 Å². The second-order valence-corrected chi connectivity index (χ2v) is 3.95. The molecule has 0 aromatic rings. The summed E-state index contributed by atoms with van der Waals surface area (Å²) in [6, 6.07) is 0.305. The molecule has 3 N–H and O–H groups in total. The molecule has 2 fully saturated rings. The Labute approximate surface area is 98.8 Å². The van der Waals surface area contributed by atoms with Crippen LogP contribution >= 0.6 is 0 Å². The second kappa shape index (κ2) is 7.76. The predicted octanol–water partition coefficient (Wildman–Crippen LogP) is 1.26. The van der Waals surface area contributed by atoms with Crippen LogP contribution in [-0.4, -0.2) is 53.2 Å². The number of hydrogen-bond donors (Lipinski definition) is 3. The molecule has 0 saturated carbocycles. The van der Waals surface area contributed by atoms with Crippen molar-refractivity contribution in [2.75, 3.05) is 20.3 Å². The molecule has 0 aliphatic carbocycles. The van der Waals surface area contributed by atoms with Gasteiger partial charge in [0.15, 0.2) is 0 Å².